The third kappa shape index (κ3) is 3.31. The molecule has 3 rings (SSSR count). The number of carbonyl (C=O) groups excluding carboxylic acids is 2. The molecule has 3 N–H and O–H groups in total. The van der Waals surface area contributed by atoms with Crippen LogP contribution < -0.4 is 10.6 Å². The van der Waals surface area contributed by atoms with Crippen molar-refractivity contribution in [2.75, 3.05) is 0 Å². The Morgan fingerprint density at radius 2 is 2.00 bits per heavy atom. The summed E-state index contributed by atoms with van der Waals surface area (Å²) >= 11 is 0.865. The van der Waals surface area contributed by atoms with E-state index in [4.69, 9.17) is 0 Å². The van der Waals surface area contributed by atoms with Crippen molar-refractivity contribution in [2.45, 2.75) is 17.9 Å². The number of aliphatic hydroxyl groups is 1. The molecule has 1 aromatic carbocycles. The van der Waals surface area contributed by atoms with Crippen LogP contribution in [0.3, 0.4) is 0 Å². The van der Waals surface area contributed by atoms with Crippen molar-refractivity contribution in [3.63, 3.8) is 0 Å². The molecule has 1 fully saturated rings. The number of rotatable bonds is 4. The van der Waals surface area contributed by atoms with Crippen LogP contribution in [-0.4, -0.2) is 33.7 Å². The van der Waals surface area contributed by atoms with E-state index in [1.807, 2.05) is 0 Å². The van der Waals surface area contributed by atoms with Crippen LogP contribution in [0.2, 0.25) is 0 Å². The highest BCUT2D eigenvalue weighted by Gasteiger charge is 2.66. The maximum atomic E-state index is 13.7. The quantitative estimate of drug-likeness (QED) is 0.403. The molecule has 0 unspecified atom stereocenters. The Morgan fingerprint density at radius 1 is 1.29 bits per heavy atom. The van der Waals surface area contributed by atoms with E-state index in [1.165, 1.54) is 35.0 Å². The van der Waals surface area contributed by atoms with Gasteiger partial charge in [-0.25, -0.2) is 4.79 Å². The van der Waals surface area contributed by atoms with Gasteiger partial charge in [-0.3, -0.25) is 14.9 Å². The summed E-state index contributed by atoms with van der Waals surface area (Å²) < 4.78 is 41.1. The van der Waals surface area contributed by atoms with Crippen LogP contribution in [0.4, 0.5) is 23.7 Å². The molecule has 0 saturated carbocycles. The van der Waals surface area contributed by atoms with E-state index in [0.29, 0.717) is 0 Å². The van der Waals surface area contributed by atoms with Crippen LogP contribution in [0.25, 0.3) is 0 Å². The maximum Gasteiger partial charge on any atom is 0.437 e. The summed E-state index contributed by atoms with van der Waals surface area (Å²) in [4.78, 5) is 34.9. The number of Topliss-reactive ketones (excluding diaryl/α,β-unsaturated/α-hetero) is 1. The lowest BCUT2D eigenvalue weighted by Gasteiger charge is -2.44. The van der Waals surface area contributed by atoms with Crippen LogP contribution in [0.1, 0.15) is 21.3 Å². The number of nitro groups is 1. The highest BCUT2D eigenvalue weighted by molar-refractivity contribution is 7.12. The van der Waals surface area contributed by atoms with Crippen LogP contribution in [0, 0.1) is 16.0 Å². The first-order chi connectivity index (χ1) is 13.0. The summed E-state index contributed by atoms with van der Waals surface area (Å²) in [7, 11) is 0. The van der Waals surface area contributed by atoms with Gasteiger partial charge in [0.2, 0.25) is 5.72 Å². The summed E-state index contributed by atoms with van der Waals surface area (Å²) in [6.45, 7) is 0. The van der Waals surface area contributed by atoms with Crippen LogP contribution >= 0.6 is 11.3 Å². The third-order valence-corrected chi connectivity index (χ3v) is 5.18. The van der Waals surface area contributed by atoms with Crippen molar-refractivity contribution >= 4 is 28.8 Å². The lowest BCUT2D eigenvalue weighted by Crippen LogP contribution is -2.72. The van der Waals surface area contributed by atoms with Crippen molar-refractivity contribution < 1.29 is 32.8 Å². The number of urea groups is 1. The predicted molar refractivity (Wildman–Crippen MR) is 90.6 cm³/mol. The molecule has 1 aromatic heterocycles. The molecule has 3 atom stereocenters. The van der Waals surface area contributed by atoms with Gasteiger partial charge < -0.3 is 15.7 Å². The first kappa shape index (κ1) is 19.8. The molecule has 2 aromatic rings. The number of amides is 2. The number of nitrogens with zero attached hydrogens (tertiary/aromatic N) is 1. The van der Waals surface area contributed by atoms with Gasteiger partial charge in [0.05, 0.1) is 15.8 Å². The maximum absolute atomic E-state index is 13.7. The summed E-state index contributed by atoms with van der Waals surface area (Å²) in [5, 5.41) is 26.4. The van der Waals surface area contributed by atoms with Gasteiger partial charge in [-0.15, -0.1) is 11.3 Å². The minimum absolute atomic E-state index is 0.0685. The highest BCUT2D eigenvalue weighted by atomic mass is 32.1. The Bertz CT molecular complexity index is 934. The number of benzene rings is 1. The Labute approximate surface area is 159 Å². The molecule has 0 bridgehead atoms. The molecule has 12 heteroatoms. The van der Waals surface area contributed by atoms with Crippen molar-refractivity contribution in [1.82, 2.24) is 10.6 Å². The molecule has 1 saturated heterocycles. The molecule has 8 nitrogen and oxygen atoms in total. The van der Waals surface area contributed by atoms with E-state index in [-0.39, 0.29) is 10.4 Å². The molecule has 0 aliphatic carbocycles. The number of ketones is 1. The Balaban J connectivity index is 2.17. The number of hydrogen-bond acceptors (Lipinski definition) is 6. The molecule has 2 heterocycles. The predicted octanol–water partition coefficient (Wildman–Crippen LogP) is 2.76. The molecule has 28 heavy (non-hydrogen) atoms. The summed E-state index contributed by atoms with van der Waals surface area (Å²) in [5.41, 5.74) is -4.43. The topological polar surface area (TPSA) is 122 Å². The number of hydrogen-bond donors (Lipinski definition) is 3. The van der Waals surface area contributed by atoms with Gasteiger partial charge >= 0.3 is 12.2 Å². The van der Waals surface area contributed by atoms with E-state index < -0.39 is 46.3 Å². The van der Waals surface area contributed by atoms with Gasteiger partial charge in [-0.1, -0.05) is 18.2 Å². The number of halogens is 3. The lowest BCUT2D eigenvalue weighted by molar-refractivity contribution is -0.385. The van der Waals surface area contributed by atoms with E-state index in [2.05, 4.69) is 5.32 Å². The summed E-state index contributed by atoms with van der Waals surface area (Å²) in [5.74, 6) is -3.29. The smallest absolute Gasteiger partial charge is 0.363 e. The second-order valence-corrected chi connectivity index (χ2v) is 6.96. The van der Waals surface area contributed by atoms with Gasteiger partial charge in [0, 0.05) is 12.1 Å². The zero-order valence-electron chi connectivity index (χ0n) is 13.8. The van der Waals surface area contributed by atoms with E-state index >= 15 is 0 Å². The van der Waals surface area contributed by atoms with Gasteiger partial charge in [0.15, 0.2) is 5.78 Å². The Kier molecular flexibility index (Phi) is 4.85. The lowest BCUT2D eigenvalue weighted by atomic mass is 9.78. The fourth-order valence-electron chi connectivity index (χ4n) is 3.02. The molecule has 2 amide bonds. The van der Waals surface area contributed by atoms with Gasteiger partial charge in [-0.05, 0) is 17.0 Å². The average Bonchev–Trinajstić information content (AvgIpc) is 3.14. The van der Waals surface area contributed by atoms with Gasteiger partial charge in [-0.2, -0.15) is 13.2 Å². The zero-order valence-corrected chi connectivity index (χ0v) is 14.6. The minimum atomic E-state index is -5.39. The largest absolute Gasteiger partial charge is 0.437 e. The fraction of sp³-hybridized carbons (Fsp3) is 0.250. The molecule has 1 aliphatic heterocycles. The van der Waals surface area contributed by atoms with Gasteiger partial charge in [0.25, 0.3) is 5.69 Å². The van der Waals surface area contributed by atoms with Crippen molar-refractivity contribution in [1.29, 1.82) is 0 Å². The SMILES string of the molecule is O=C1N[C@H](c2cccc([N+](=O)[O-])c2)[C@@H](C(=O)c2cccs2)[C@](O)(C(F)(F)F)N1. The Hall–Kier alpha value is -2.99. The summed E-state index contributed by atoms with van der Waals surface area (Å²) in [6.07, 6.45) is -5.39. The van der Waals surface area contributed by atoms with E-state index in [0.717, 1.165) is 23.5 Å². The van der Waals surface area contributed by atoms with Crippen molar-refractivity contribution in [3.05, 3.63) is 62.3 Å². The number of nitrogens with one attached hydrogen (secondary N) is 2. The third-order valence-electron chi connectivity index (χ3n) is 4.29. The molecule has 0 radical (unpaired) electrons. The van der Waals surface area contributed by atoms with Crippen LogP contribution in [0.15, 0.2) is 41.8 Å². The zero-order chi connectivity index (χ0) is 20.7. The second-order valence-electron chi connectivity index (χ2n) is 6.01. The first-order valence-electron chi connectivity index (χ1n) is 7.74. The molecule has 148 valence electrons. The van der Waals surface area contributed by atoms with Crippen molar-refractivity contribution in [3.8, 4) is 0 Å². The second kappa shape index (κ2) is 6.87. The van der Waals surface area contributed by atoms with Gasteiger partial charge in [0.1, 0.15) is 5.92 Å². The number of carbonyl (C=O) groups is 2. The molecular weight excluding hydrogens is 403 g/mol. The number of thiophene rings is 1. The van der Waals surface area contributed by atoms with E-state index in [1.54, 1.807) is 0 Å². The number of alkyl halides is 3. The average molecular weight is 415 g/mol. The highest BCUT2D eigenvalue weighted by Crippen LogP contribution is 2.44. The summed E-state index contributed by atoms with van der Waals surface area (Å²) in [6, 6.07) is 4.20. The normalized spacial score (nSPS) is 24.9. The monoisotopic (exact) mass is 415 g/mol. The number of nitro benzene ring substituents is 1. The van der Waals surface area contributed by atoms with Crippen LogP contribution in [-0.2, 0) is 0 Å². The van der Waals surface area contributed by atoms with Crippen LogP contribution in [0.5, 0.6) is 0 Å². The molecule has 0 spiro atoms. The number of non-ortho nitro benzene ring substituents is 1. The first-order valence-corrected chi connectivity index (χ1v) is 8.62. The van der Waals surface area contributed by atoms with Crippen molar-refractivity contribution in [2.24, 2.45) is 5.92 Å². The standard InChI is InChI=1S/C16H12F3N3O5S/c17-16(18,19)15(25)11(13(23)10-5-2-6-28-10)12(20-14(24)21-15)8-3-1-4-9(7-8)22(26)27/h1-7,11-12,25H,(H2,20,21,24)/t11-,12+,15-/m0/s1. The Morgan fingerprint density at radius 3 is 2.57 bits per heavy atom. The fourth-order valence-corrected chi connectivity index (χ4v) is 3.72. The molecule has 1 aliphatic rings. The van der Waals surface area contributed by atoms with E-state index in [9.17, 15) is 38.0 Å². The molecular formula is C16H12F3N3O5S. The minimum Gasteiger partial charge on any atom is -0.363 e.